The first-order valence-electron chi connectivity index (χ1n) is 7.07. The van der Waals surface area contributed by atoms with E-state index in [1.165, 1.54) is 24.7 Å². The topological polar surface area (TPSA) is 115 Å². The Labute approximate surface area is 141 Å². The average molecular weight is 345 g/mol. The van der Waals surface area contributed by atoms with Gasteiger partial charge in [-0.2, -0.15) is 0 Å². The van der Waals surface area contributed by atoms with Gasteiger partial charge in [0.1, 0.15) is 11.1 Å². The second-order valence-electron chi connectivity index (χ2n) is 5.23. The van der Waals surface area contributed by atoms with Gasteiger partial charge >= 0.3 is 0 Å². The Morgan fingerprint density at radius 1 is 1.33 bits per heavy atom. The second-order valence-corrected chi connectivity index (χ2v) is 5.67. The lowest BCUT2D eigenvalue weighted by Crippen LogP contribution is -2.42. The Balaban J connectivity index is 2.00. The number of benzene rings is 1. The Kier molecular flexibility index (Phi) is 4.26. The summed E-state index contributed by atoms with van der Waals surface area (Å²) in [6.07, 6.45) is 2.78. The van der Waals surface area contributed by atoms with Crippen LogP contribution >= 0.6 is 11.6 Å². The van der Waals surface area contributed by atoms with Crippen molar-refractivity contribution in [1.82, 2.24) is 9.97 Å². The molecule has 0 saturated carbocycles. The van der Waals surface area contributed by atoms with Crippen LogP contribution in [0.5, 0.6) is 0 Å². The number of aliphatic imine (C=N–C) groups is 1. The molecule has 0 amide bonds. The fourth-order valence-corrected chi connectivity index (χ4v) is 2.76. The standard InChI is InChI=1S/C16H12ClN3O4/c17-12-13(15(22)10-4-2-1-3-9(10)14(12)21)20-11(16(23)24)5-8-6-18-7-19-8/h1-4,6-7,11-12H,5H2,(H,18,19)(H,23,24)/p-1/t11-,12?/m1/s1. The van der Waals surface area contributed by atoms with E-state index in [1.807, 2.05) is 0 Å². The summed E-state index contributed by atoms with van der Waals surface area (Å²) in [5.41, 5.74) is 0.598. The normalized spacial score (nSPS) is 20.0. The first-order valence-corrected chi connectivity index (χ1v) is 7.50. The fourth-order valence-electron chi connectivity index (χ4n) is 2.49. The van der Waals surface area contributed by atoms with E-state index in [2.05, 4.69) is 15.0 Å². The molecule has 1 aromatic heterocycles. The molecule has 1 N–H and O–H groups in total. The summed E-state index contributed by atoms with van der Waals surface area (Å²) < 4.78 is 0. The van der Waals surface area contributed by atoms with Gasteiger partial charge in [-0.3, -0.25) is 14.6 Å². The quantitative estimate of drug-likeness (QED) is 0.795. The third-order valence-corrected chi connectivity index (χ3v) is 4.08. The van der Waals surface area contributed by atoms with Crippen molar-refractivity contribution in [1.29, 1.82) is 0 Å². The van der Waals surface area contributed by atoms with Crippen LogP contribution in [0.4, 0.5) is 0 Å². The molecule has 1 aliphatic rings. The van der Waals surface area contributed by atoms with Gasteiger partial charge in [0.25, 0.3) is 0 Å². The molecule has 1 aliphatic carbocycles. The van der Waals surface area contributed by atoms with Crippen molar-refractivity contribution in [2.75, 3.05) is 0 Å². The molecule has 1 unspecified atom stereocenters. The van der Waals surface area contributed by atoms with Crippen LogP contribution in [0, 0.1) is 0 Å². The summed E-state index contributed by atoms with van der Waals surface area (Å²) in [5.74, 6) is -2.51. The van der Waals surface area contributed by atoms with Crippen molar-refractivity contribution in [3.8, 4) is 0 Å². The number of carboxylic acid groups (broad SMARTS) is 1. The SMILES string of the molecule is O=C1C(=N[C@H](Cc2cnc[nH]2)C(=O)[O-])C(Cl)C(=O)c2ccccc21. The summed E-state index contributed by atoms with van der Waals surface area (Å²) in [6.45, 7) is 0. The number of carbonyl (C=O) groups is 3. The average Bonchev–Trinajstić information content (AvgIpc) is 3.08. The van der Waals surface area contributed by atoms with E-state index >= 15 is 0 Å². The summed E-state index contributed by atoms with van der Waals surface area (Å²) in [7, 11) is 0. The summed E-state index contributed by atoms with van der Waals surface area (Å²) in [6, 6.07) is 4.86. The molecular weight excluding hydrogens is 334 g/mol. The number of carboxylic acids is 1. The number of ketones is 2. The van der Waals surface area contributed by atoms with E-state index in [4.69, 9.17) is 11.6 Å². The minimum atomic E-state index is -1.47. The van der Waals surface area contributed by atoms with Crippen LogP contribution in [-0.2, 0) is 11.2 Å². The third kappa shape index (κ3) is 2.85. The number of hydrogen-bond donors (Lipinski definition) is 1. The van der Waals surface area contributed by atoms with Gasteiger partial charge < -0.3 is 14.9 Å². The maximum atomic E-state index is 12.5. The smallest absolute Gasteiger partial charge is 0.209 e. The highest BCUT2D eigenvalue weighted by Crippen LogP contribution is 2.24. The Bertz CT molecular complexity index is 845. The summed E-state index contributed by atoms with van der Waals surface area (Å²) in [5, 5.41) is 10.0. The van der Waals surface area contributed by atoms with Gasteiger partial charge in [0.2, 0.25) is 5.78 Å². The lowest BCUT2D eigenvalue weighted by Gasteiger charge is -2.22. The summed E-state index contributed by atoms with van der Waals surface area (Å²) >= 11 is 6.05. The molecule has 8 heteroatoms. The molecule has 0 aliphatic heterocycles. The highest BCUT2D eigenvalue weighted by atomic mass is 35.5. The minimum Gasteiger partial charge on any atom is -0.548 e. The van der Waals surface area contributed by atoms with Crippen molar-refractivity contribution in [2.45, 2.75) is 17.8 Å². The molecule has 1 aromatic carbocycles. The van der Waals surface area contributed by atoms with Crippen LogP contribution in [0.3, 0.4) is 0 Å². The molecule has 2 aromatic rings. The Morgan fingerprint density at radius 2 is 2.04 bits per heavy atom. The van der Waals surface area contributed by atoms with Crippen molar-refractivity contribution < 1.29 is 19.5 Å². The van der Waals surface area contributed by atoms with E-state index in [-0.39, 0.29) is 23.3 Å². The van der Waals surface area contributed by atoms with E-state index < -0.39 is 29.0 Å². The predicted octanol–water partition coefficient (Wildman–Crippen LogP) is 0.198. The first-order chi connectivity index (χ1) is 11.5. The van der Waals surface area contributed by atoms with Crippen molar-refractivity contribution in [2.24, 2.45) is 4.99 Å². The fraction of sp³-hybridized carbons (Fsp3) is 0.188. The number of carbonyl (C=O) groups excluding carboxylic acids is 3. The molecule has 0 spiro atoms. The number of nitrogens with zero attached hydrogens (tertiary/aromatic N) is 2. The molecule has 24 heavy (non-hydrogen) atoms. The lowest BCUT2D eigenvalue weighted by molar-refractivity contribution is -0.307. The molecular formula is C16H11ClN3O4-. The van der Waals surface area contributed by atoms with Gasteiger partial charge in [-0.05, 0) is 0 Å². The minimum absolute atomic E-state index is 0.0570. The van der Waals surface area contributed by atoms with E-state index in [1.54, 1.807) is 12.1 Å². The highest BCUT2D eigenvalue weighted by Gasteiger charge is 2.37. The van der Waals surface area contributed by atoms with Crippen LogP contribution in [-0.4, -0.2) is 44.6 Å². The van der Waals surface area contributed by atoms with Crippen molar-refractivity contribution in [3.05, 3.63) is 53.6 Å². The zero-order valence-corrected chi connectivity index (χ0v) is 13.0. The van der Waals surface area contributed by atoms with Gasteiger partial charge in [0, 0.05) is 29.4 Å². The number of aliphatic carboxylic acids is 1. The second kappa shape index (κ2) is 6.37. The Hall–Kier alpha value is -2.80. The number of halogens is 1. The number of rotatable bonds is 4. The zero-order valence-electron chi connectivity index (χ0n) is 12.2. The molecule has 2 atom stereocenters. The van der Waals surface area contributed by atoms with Crippen molar-refractivity contribution >= 4 is 34.8 Å². The molecule has 3 rings (SSSR count). The van der Waals surface area contributed by atoms with Gasteiger partial charge in [0.05, 0.1) is 18.3 Å². The lowest BCUT2D eigenvalue weighted by atomic mass is 9.87. The monoisotopic (exact) mass is 344 g/mol. The van der Waals surface area contributed by atoms with Crippen LogP contribution in [0.1, 0.15) is 26.4 Å². The van der Waals surface area contributed by atoms with Gasteiger partial charge in [-0.1, -0.05) is 24.3 Å². The number of aromatic amines is 1. The maximum Gasteiger partial charge on any atom is 0.209 e. The molecule has 0 radical (unpaired) electrons. The number of Topliss-reactive ketones (excluding diaryl/α,β-unsaturated/α-hetero) is 2. The molecule has 0 saturated heterocycles. The van der Waals surface area contributed by atoms with Crippen LogP contribution in [0.25, 0.3) is 0 Å². The first kappa shape index (κ1) is 16.1. The molecule has 7 nitrogen and oxygen atoms in total. The molecule has 0 bridgehead atoms. The summed E-state index contributed by atoms with van der Waals surface area (Å²) in [4.78, 5) is 46.6. The zero-order chi connectivity index (χ0) is 17.3. The van der Waals surface area contributed by atoms with Crippen LogP contribution in [0.2, 0.25) is 0 Å². The number of aromatic nitrogens is 2. The largest absolute Gasteiger partial charge is 0.548 e. The number of hydrogen-bond acceptors (Lipinski definition) is 6. The molecule has 1 heterocycles. The molecule has 0 fully saturated rings. The van der Waals surface area contributed by atoms with Gasteiger partial charge in [-0.15, -0.1) is 11.6 Å². The maximum absolute atomic E-state index is 12.5. The Morgan fingerprint density at radius 3 is 2.67 bits per heavy atom. The van der Waals surface area contributed by atoms with E-state index in [9.17, 15) is 19.5 Å². The number of H-pyrrole nitrogens is 1. The number of alkyl halides is 1. The van der Waals surface area contributed by atoms with Crippen LogP contribution in [0.15, 0.2) is 41.8 Å². The van der Waals surface area contributed by atoms with E-state index in [0.29, 0.717) is 5.69 Å². The van der Waals surface area contributed by atoms with Gasteiger partial charge in [-0.25, -0.2) is 4.98 Å². The number of imidazole rings is 1. The number of nitrogens with one attached hydrogen (secondary N) is 1. The molecule has 122 valence electrons. The third-order valence-electron chi connectivity index (χ3n) is 3.68. The van der Waals surface area contributed by atoms with E-state index in [0.717, 1.165) is 0 Å². The number of fused-ring (bicyclic) bond motifs is 1. The predicted molar refractivity (Wildman–Crippen MR) is 83.3 cm³/mol. The van der Waals surface area contributed by atoms with Gasteiger partial charge in [0.15, 0.2) is 5.78 Å². The van der Waals surface area contributed by atoms with Crippen molar-refractivity contribution in [3.63, 3.8) is 0 Å². The highest BCUT2D eigenvalue weighted by molar-refractivity contribution is 6.64. The van der Waals surface area contributed by atoms with Crippen LogP contribution < -0.4 is 5.11 Å².